The van der Waals surface area contributed by atoms with E-state index in [4.69, 9.17) is 10.5 Å². The number of hydrogen-bond donors (Lipinski definition) is 4. The number of amides is 1. The first-order valence-electron chi connectivity index (χ1n) is 12.8. The molecule has 11 heteroatoms. The van der Waals surface area contributed by atoms with Crippen LogP contribution >= 0.6 is 22.7 Å². The van der Waals surface area contributed by atoms with Gasteiger partial charge in [-0.15, -0.1) is 22.7 Å². The molecule has 0 unspecified atom stereocenters. The lowest BCUT2D eigenvalue weighted by molar-refractivity contribution is 0.0697. The summed E-state index contributed by atoms with van der Waals surface area (Å²) < 4.78 is 6.71. The van der Waals surface area contributed by atoms with Gasteiger partial charge in [-0.1, -0.05) is 6.07 Å². The number of rotatable bonds is 6. The fraction of sp³-hybridized carbons (Fsp3) is 0.0323. The number of H-pyrrole nitrogens is 1. The van der Waals surface area contributed by atoms with Crippen molar-refractivity contribution in [3.8, 4) is 27.3 Å². The molecule has 0 aliphatic heterocycles. The van der Waals surface area contributed by atoms with Crippen molar-refractivity contribution in [3.05, 3.63) is 88.7 Å². The number of nitrogen functional groups attached to an aromatic ring is 1. The van der Waals surface area contributed by atoms with Crippen LogP contribution in [0.4, 0.5) is 11.6 Å². The van der Waals surface area contributed by atoms with Gasteiger partial charge in [0.2, 0.25) is 0 Å². The molecule has 7 aromatic rings. The summed E-state index contributed by atoms with van der Waals surface area (Å²) in [4.78, 5) is 39.3. The van der Waals surface area contributed by atoms with Crippen LogP contribution in [0.5, 0.6) is 5.75 Å². The third kappa shape index (κ3) is 4.31. The number of carbonyl (C=O) groups excluding carboxylic acids is 1. The van der Waals surface area contributed by atoms with Crippen LogP contribution in [-0.2, 0) is 0 Å². The average Bonchev–Trinajstić information content (AvgIpc) is 3.76. The van der Waals surface area contributed by atoms with E-state index in [1.54, 1.807) is 55.8 Å². The number of nitrogens with one attached hydrogen (secondary N) is 2. The van der Waals surface area contributed by atoms with Crippen molar-refractivity contribution in [1.82, 2.24) is 15.0 Å². The van der Waals surface area contributed by atoms with Crippen molar-refractivity contribution in [1.29, 1.82) is 0 Å². The number of aromatic amines is 1. The number of nitrogens with zero attached hydrogens (tertiary/aromatic N) is 2. The zero-order valence-corrected chi connectivity index (χ0v) is 23.6. The topological polar surface area (TPSA) is 143 Å². The molecule has 206 valence electrons. The second-order valence-electron chi connectivity index (χ2n) is 9.57. The van der Waals surface area contributed by atoms with Crippen LogP contribution in [0.25, 0.3) is 53.6 Å². The molecule has 0 spiro atoms. The lowest BCUT2D eigenvalue weighted by Crippen LogP contribution is -2.14. The number of methoxy groups -OCH3 is 1. The summed E-state index contributed by atoms with van der Waals surface area (Å²) in [7, 11) is 1.55. The maximum Gasteiger partial charge on any atom is 0.336 e. The van der Waals surface area contributed by atoms with E-state index in [2.05, 4.69) is 20.3 Å². The Morgan fingerprint density at radius 1 is 0.952 bits per heavy atom. The third-order valence-electron chi connectivity index (χ3n) is 7.07. The zero-order valence-electron chi connectivity index (χ0n) is 22.0. The lowest BCUT2D eigenvalue weighted by Gasteiger charge is -2.17. The van der Waals surface area contributed by atoms with Crippen molar-refractivity contribution in [2.75, 3.05) is 18.2 Å². The first-order chi connectivity index (χ1) is 20.4. The largest absolute Gasteiger partial charge is 0.496 e. The van der Waals surface area contributed by atoms with Crippen LogP contribution in [0, 0.1) is 0 Å². The first kappa shape index (κ1) is 25.7. The van der Waals surface area contributed by atoms with Crippen molar-refractivity contribution in [2.24, 2.45) is 0 Å². The molecular weight excluding hydrogens is 571 g/mol. The highest BCUT2D eigenvalue weighted by atomic mass is 32.1. The van der Waals surface area contributed by atoms with E-state index < -0.39 is 11.9 Å². The Bertz CT molecular complexity index is 2180. The van der Waals surface area contributed by atoms with Gasteiger partial charge in [0.05, 0.1) is 29.2 Å². The maximum absolute atomic E-state index is 14.0. The van der Waals surface area contributed by atoms with Gasteiger partial charge in [-0.2, -0.15) is 0 Å². The molecule has 0 fully saturated rings. The molecule has 0 aliphatic carbocycles. The molecule has 5 N–H and O–H groups in total. The highest BCUT2D eigenvalue weighted by Crippen LogP contribution is 2.41. The van der Waals surface area contributed by atoms with Crippen LogP contribution in [-0.4, -0.2) is 39.0 Å². The SMILES string of the molecule is COc1cc(-c2cc3ncc4ccsc4c3cc2C(=O)O)c(C(=O)Nc2ccc3nc(N)[nH]c3c2)cc1-c1cccs1. The highest BCUT2D eigenvalue weighted by Gasteiger charge is 2.24. The lowest BCUT2D eigenvalue weighted by atomic mass is 9.91. The number of anilines is 2. The monoisotopic (exact) mass is 591 g/mol. The number of ether oxygens (including phenoxy) is 1. The normalized spacial score (nSPS) is 11.4. The molecule has 0 aliphatic rings. The summed E-state index contributed by atoms with van der Waals surface area (Å²) >= 11 is 3.04. The highest BCUT2D eigenvalue weighted by molar-refractivity contribution is 7.18. The van der Waals surface area contributed by atoms with Gasteiger partial charge in [0.1, 0.15) is 5.75 Å². The summed E-state index contributed by atoms with van der Waals surface area (Å²) in [6.45, 7) is 0. The number of hydrogen-bond acceptors (Lipinski definition) is 8. The molecule has 3 aromatic carbocycles. The predicted molar refractivity (Wildman–Crippen MR) is 168 cm³/mol. The van der Waals surface area contributed by atoms with Crippen LogP contribution < -0.4 is 15.8 Å². The number of aromatic nitrogens is 3. The molecule has 9 nitrogen and oxygen atoms in total. The van der Waals surface area contributed by atoms with Gasteiger partial charge < -0.3 is 25.9 Å². The molecule has 1 amide bonds. The Hall–Kier alpha value is -5.26. The molecule has 0 atom stereocenters. The molecule has 4 heterocycles. The van der Waals surface area contributed by atoms with E-state index >= 15 is 0 Å². The standard InChI is InChI=1S/C31H21N5O4S2/c1-40-26-13-18(17-12-24-21(11-20(17)30(38)39)28-15(14-33-24)6-8-42-28)19(10-22(26)27-3-2-7-41-27)29(37)34-16-4-5-23-25(9-16)36-31(32)35-23/h2-14H,1H3,(H,34,37)(H,38,39)(H3,32,35,36). The summed E-state index contributed by atoms with van der Waals surface area (Å²) in [6, 6.07) is 17.9. The zero-order chi connectivity index (χ0) is 29.0. The quantitative estimate of drug-likeness (QED) is 0.159. The van der Waals surface area contributed by atoms with E-state index in [1.807, 2.05) is 29.0 Å². The van der Waals surface area contributed by atoms with Gasteiger partial charge in [0, 0.05) is 43.4 Å². The van der Waals surface area contributed by atoms with Crippen LogP contribution in [0.3, 0.4) is 0 Å². The Balaban J connectivity index is 1.44. The molecule has 0 saturated heterocycles. The van der Waals surface area contributed by atoms with Crippen molar-refractivity contribution >= 4 is 78.2 Å². The van der Waals surface area contributed by atoms with Gasteiger partial charge in [0.15, 0.2) is 5.95 Å². The van der Waals surface area contributed by atoms with Crippen LogP contribution in [0.15, 0.2) is 77.6 Å². The number of pyridine rings is 1. The molecule has 0 saturated carbocycles. The van der Waals surface area contributed by atoms with Gasteiger partial charge in [0.25, 0.3) is 5.91 Å². The molecule has 7 rings (SSSR count). The minimum atomic E-state index is -1.12. The maximum atomic E-state index is 14.0. The number of carboxylic acid groups (broad SMARTS) is 1. The third-order valence-corrected chi connectivity index (χ3v) is 8.94. The van der Waals surface area contributed by atoms with Crippen molar-refractivity contribution in [2.45, 2.75) is 0 Å². The summed E-state index contributed by atoms with van der Waals surface area (Å²) in [5, 5.41) is 18.9. The number of carbonyl (C=O) groups is 2. The summed E-state index contributed by atoms with van der Waals surface area (Å²) in [6.07, 6.45) is 1.77. The number of carboxylic acids is 1. The second-order valence-corrected chi connectivity index (χ2v) is 11.4. The van der Waals surface area contributed by atoms with Crippen LogP contribution in [0.1, 0.15) is 20.7 Å². The fourth-order valence-electron chi connectivity index (χ4n) is 5.14. The fourth-order valence-corrected chi connectivity index (χ4v) is 6.79. The Morgan fingerprint density at radius 3 is 2.60 bits per heavy atom. The minimum absolute atomic E-state index is 0.0551. The number of nitrogens with two attached hydrogens (primary N) is 1. The van der Waals surface area contributed by atoms with Gasteiger partial charge >= 0.3 is 5.97 Å². The number of thiophene rings is 2. The Morgan fingerprint density at radius 2 is 1.81 bits per heavy atom. The van der Waals surface area contributed by atoms with Crippen LogP contribution in [0.2, 0.25) is 0 Å². The Kier molecular flexibility index (Phi) is 6.10. The first-order valence-corrected chi connectivity index (χ1v) is 14.5. The van der Waals surface area contributed by atoms with Gasteiger partial charge in [-0.25, -0.2) is 9.78 Å². The number of fused-ring (bicyclic) bond motifs is 4. The second kappa shape index (κ2) is 9.98. The minimum Gasteiger partial charge on any atom is -0.496 e. The van der Waals surface area contributed by atoms with E-state index in [0.717, 1.165) is 20.3 Å². The van der Waals surface area contributed by atoms with E-state index in [-0.39, 0.29) is 17.1 Å². The number of benzene rings is 3. The number of aromatic carboxylic acids is 1. The summed E-state index contributed by atoms with van der Waals surface area (Å²) in [5.74, 6) is -0.750. The van der Waals surface area contributed by atoms with E-state index in [0.29, 0.717) is 44.7 Å². The average molecular weight is 592 g/mol. The van der Waals surface area contributed by atoms with Crippen molar-refractivity contribution in [3.63, 3.8) is 0 Å². The smallest absolute Gasteiger partial charge is 0.336 e. The molecular formula is C31H21N5O4S2. The molecule has 0 bridgehead atoms. The van der Waals surface area contributed by atoms with E-state index in [9.17, 15) is 14.7 Å². The van der Waals surface area contributed by atoms with Gasteiger partial charge in [-0.3, -0.25) is 9.78 Å². The molecule has 4 aromatic heterocycles. The number of imidazole rings is 1. The molecule has 42 heavy (non-hydrogen) atoms. The molecule has 0 radical (unpaired) electrons. The Labute approximate surface area is 246 Å². The predicted octanol–water partition coefficient (Wildman–Crippen LogP) is 7.26. The van der Waals surface area contributed by atoms with E-state index in [1.165, 1.54) is 22.7 Å². The summed E-state index contributed by atoms with van der Waals surface area (Å²) in [5.41, 5.74) is 10.1. The van der Waals surface area contributed by atoms with Crippen molar-refractivity contribution < 1.29 is 19.4 Å². The van der Waals surface area contributed by atoms with Gasteiger partial charge in [-0.05, 0) is 76.5 Å².